The second-order valence-corrected chi connectivity index (χ2v) is 9.07. The first-order valence-corrected chi connectivity index (χ1v) is 12.5. The SMILES string of the molecule is CCc1nc(-c2ccc(N/C(=C3\C(=O)Nc4ccc([N+](=O)[O-])cc43)c3ccc(CCCN)cc3)cc2)c[nH]1. The highest BCUT2D eigenvalue weighted by Crippen LogP contribution is 2.39. The highest BCUT2D eigenvalue weighted by Gasteiger charge is 2.30. The largest absolute Gasteiger partial charge is 0.354 e. The Morgan fingerprint density at radius 1 is 1.08 bits per heavy atom. The van der Waals surface area contributed by atoms with E-state index >= 15 is 0 Å². The maximum Gasteiger partial charge on any atom is 0.270 e. The van der Waals surface area contributed by atoms with Crippen molar-refractivity contribution >= 4 is 34.2 Å². The molecule has 9 heteroatoms. The Morgan fingerprint density at radius 3 is 2.50 bits per heavy atom. The summed E-state index contributed by atoms with van der Waals surface area (Å²) in [6, 6.07) is 20.1. The number of nitrogens with two attached hydrogens (primary N) is 1. The number of H-pyrrole nitrogens is 1. The minimum atomic E-state index is -0.461. The van der Waals surface area contributed by atoms with Crippen LogP contribution in [0, 0.1) is 10.1 Å². The highest BCUT2D eigenvalue weighted by atomic mass is 16.6. The molecular weight excluding hydrogens is 480 g/mol. The van der Waals surface area contributed by atoms with Gasteiger partial charge >= 0.3 is 0 Å². The molecule has 192 valence electrons. The number of nitro groups is 1. The van der Waals surface area contributed by atoms with Crippen LogP contribution in [-0.2, 0) is 17.6 Å². The number of imidazole rings is 1. The number of hydrogen-bond donors (Lipinski definition) is 4. The van der Waals surface area contributed by atoms with Crippen molar-refractivity contribution in [2.24, 2.45) is 5.73 Å². The van der Waals surface area contributed by atoms with Crippen LogP contribution >= 0.6 is 0 Å². The number of amides is 1. The molecule has 3 aromatic carbocycles. The first-order chi connectivity index (χ1) is 18.5. The molecule has 0 fully saturated rings. The van der Waals surface area contributed by atoms with Gasteiger partial charge in [0.1, 0.15) is 5.82 Å². The van der Waals surface area contributed by atoms with Crippen LogP contribution in [-0.4, -0.2) is 27.3 Å². The molecule has 0 unspecified atom stereocenters. The molecule has 0 radical (unpaired) electrons. The van der Waals surface area contributed by atoms with Crippen LogP contribution < -0.4 is 16.4 Å². The van der Waals surface area contributed by atoms with E-state index in [1.54, 1.807) is 6.07 Å². The van der Waals surface area contributed by atoms with Gasteiger partial charge in [-0.25, -0.2) is 4.98 Å². The number of aryl methyl sites for hydroxylation is 2. The van der Waals surface area contributed by atoms with Crippen LogP contribution in [0.25, 0.3) is 22.5 Å². The summed E-state index contributed by atoms with van der Waals surface area (Å²) >= 11 is 0. The summed E-state index contributed by atoms with van der Waals surface area (Å²) in [5.41, 5.74) is 12.0. The second-order valence-electron chi connectivity index (χ2n) is 9.07. The zero-order valence-electron chi connectivity index (χ0n) is 21.0. The van der Waals surface area contributed by atoms with Gasteiger partial charge in [-0.3, -0.25) is 14.9 Å². The van der Waals surface area contributed by atoms with E-state index in [2.05, 4.69) is 20.6 Å². The van der Waals surface area contributed by atoms with Gasteiger partial charge in [0.05, 0.1) is 21.9 Å². The lowest BCUT2D eigenvalue weighted by atomic mass is 9.98. The maximum absolute atomic E-state index is 13.2. The second kappa shape index (κ2) is 10.7. The van der Waals surface area contributed by atoms with E-state index in [0.717, 1.165) is 53.2 Å². The highest BCUT2D eigenvalue weighted by molar-refractivity contribution is 6.37. The fourth-order valence-corrected chi connectivity index (χ4v) is 4.50. The van der Waals surface area contributed by atoms with E-state index in [1.807, 2.05) is 61.7 Å². The molecule has 2 heterocycles. The van der Waals surface area contributed by atoms with E-state index < -0.39 is 4.92 Å². The van der Waals surface area contributed by atoms with E-state index in [0.29, 0.717) is 29.1 Å². The molecule has 38 heavy (non-hydrogen) atoms. The van der Waals surface area contributed by atoms with Gasteiger partial charge < -0.3 is 21.4 Å². The topological polar surface area (TPSA) is 139 Å². The Bertz CT molecular complexity index is 1520. The maximum atomic E-state index is 13.2. The molecule has 1 amide bonds. The van der Waals surface area contributed by atoms with E-state index in [9.17, 15) is 14.9 Å². The molecule has 9 nitrogen and oxygen atoms in total. The quantitative estimate of drug-likeness (QED) is 0.136. The standard InChI is InChI=1S/C29H28N6O3/c1-2-26-31-17-25(33-26)19-9-11-21(12-10-19)32-28(20-7-5-18(6-8-20)4-3-15-30)27-23-16-22(35(37)38)13-14-24(23)34-29(27)36/h5-14,16-17,32H,2-4,15,30H2,1H3,(H,31,33)(H,34,36)/b28-27-. The van der Waals surface area contributed by atoms with Gasteiger partial charge in [-0.05, 0) is 48.7 Å². The van der Waals surface area contributed by atoms with Crippen molar-refractivity contribution in [1.82, 2.24) is 9.97 Å². The van der Waals surface area contributed by atoms with Crippen LogP contribution in [0.3, 0.4) is 0 Å². The van der Waals surface area contributed by atoms with Gasteiger partial charge in [0.25, 0.3) is 11.6 Å². The summed E-state index contributed by atoms with van der Waals surface area (Å²) in [4.78, 5) is 32.0. The predicted molar refractivity (Wildman–Crippen MR) is 149 cm³/mol. The van der Waals surface area contributed by atoms with Crippen molar-refractivity contribution < 1.29 is 9.72 Å². The van der Waals surface area contributed by atoms with Gasteiger partial charge in [0.2, 0.25) is 0 Å². The molecule has 4 aromatic rings. The fraction of sp³-hybridized carbons (Fsp3) is 0.172. The van der Waals surface area contributed by atoms with Gasteiger partial charge in [-0.2, -0.15) is 0 Å². The van der Waals surface area contributed by atoms with Crippen molar-refractivity contribution in [2.75, 3.05) is 17.2 Å². The molecule has 0 aliphatic carbocycles. The van der Waals surface area contributed by atoms with Crippen LogP contribution in [0.15, 0.2) is 72.9 Å². The number of nitrogens with zero attached hydrogens (tertiary/aromatic N) is 2. The number of nitro benzene ring substituents is 1. The molecule has 0 atom stereocenters. The zero-order valence-corrected chi connectivity index (χ0v) is 21.0. The molecule has 1 aliphatic rings. The number of aromatic amines is 1. The molecule has 0 bridgehead atoms. The number of non-ortho nitro benzene ring substituents is 1. The zero-order chi connectivity index (χ0) is 26.6. The third-order valence-corrected chi connectivity index (χ3v) is 6.54. The van der Waals surface area contributed by atoms with Crippen molar-refractivity contribution in [2.45, 2.75) is 26.2 Å². The number of benzene rings is 3. The van der Waals surface area contributed by atoms with Crippen molar-refractivity contribution in [3.05, 3.63) is 106 Å². The van der Waals surface area contributed by atoms with Crippen LogP contribution in [0.2, 0.25) is 0 Å². The molecule has 0 saturated carbocycles. The van der Waals surface area contributed by atoms with Gasteiger partial charge in [-0.1, -0.05) is 43.3 Å². The summed E-state index contributed by atoms with van der Waals surface area (Å²) in [7, 11) is 0. The number of anilines is 2. The average molecular weight is 509 g/mol. The molecule has 0 spiro atoms. The van der Waals surface area contributed by atoms with Crippen molar-refractivity contribution in [3.8, 4) is 11.3 Å². The molecule has 5 N–H and O–H groups in total. The Morgan fingerprint density at radius 2 is 1.84 bits per heavy atom. The number of carbonyl (C=O) groups excluding carboxylic acids is 1. The van der Waals surface area contributed by atoms with E-state index in [-0.39, 0.29) is 11.6 Å². The van der Waals surface area contributed by atoms with Crippen LogP contribution in [0.4, 0.5) is 17.1 Å². The number of nitrogens with one attached hydrogen (secondary N) is 3. The summed E-state index contributed by atoms with van der Waals surface area (Å²) in [5.74, 6) is 0.597. The van der Waals surface area contributed by atoms with Crippen LogP contribution in [0.1, 0.15) is 35.9 Å². The first-order valence-electron chi connectivity index (χ1n) is 12.5. The van der Waals surface area contributed by atoms with E-state index in [1.165, 1.54) is 12.1 Å². The summed E-state index contributed by atoms with van der Waals surface area (Å²) in [5, 5.41) is 17.7. The fourth-order valence-electron chi connectivity index (χ4n) is 4.50. The lowest BCUT2D eigenvalue weighted by Crippen LogP contribution is -2.10. The Kier molecular flexibility index (Phi) is 7.01. The molecule has 1 aliphatic heterocycles. The van der Waals surface area contributed by atoms with E-state index in [4.69, 9.17) is 5.73 Å². The third-order valence-electron chi connectivity index (χ3n) is 6.54. The minimum absolute atomic E-state index is 0.0796. The minimum Gasteiger partial charge on any atom is -0.354 e. The predicted octanol–water partition coefficient (Wildman–Crippen LogP) is 5.37. The Labute approximate surface area is 220 Å². The third kappa shape index (κ3) is 5.05. The average Bonchev–Trinajstić information content (AvgIpc) is 3.55. The summed E-state index contributed by atoms with van der Waals surface area (Å²) < 4.78 is 0. The number of hydrogen-bond acceptors (Lipinski definition) is 6. The van der Waals surface area contributed by atoms with Gasteiger partial charge in [0.15, 0.2) is 0 Å². The molecule has 0 saturated heterocycles. The summed E-state index contributed by atoms with van der Waals surface area (Å²) in [6.45, 7) is 2.66. The smallest absolute Gasteiger partial charge is 0.270 e. The number of carbonyl (C=O) groups is 1. The Hall–Kier alpha value is -4.76. The number of rotatable bonds is 9. The number of fused-ring (bicyclic) bond motifs is 1. The molecule has 5 rings (SSSR count). The van der Waals surface area contributed by atoms with Crippen molar-refractivity contribution in [1.29, 1.82) is 0 Å². The first kappa shape index (κ1) is 24.9. The van der Waals surface area contributed by atoms with Gasteiger partial charge in [0, 0.05) is 47.3 Å². The lowest BCUT2D eigenvalue weighted by Gasteiger charge is -2.16. The molecule has 1 aromatic heterocycles. The number of aromatic nitrogens is 2. The Balaban J connectivity index is 1.56. The summed E-state index contributed by atoms with van der Waals surface area (Å²) in [6.07, 6.45) is 4.45. The van der Waals surface area contributed by atoms with Crippen LogP contribution in [0.5, 0.6) is 0 Å². The normalized spacial score (nSPS) is 13.7. The van der Waals surface area contributed by atoms with Gasteiger partial charge in [-0.15, -0.1) is 0 Å². The lowest BCUT2D eigenvalue weighted by molar-refractivity contribution is -0.384. The monoisotopic (exact) mass is 508 g/mol. The molecular formula is C29H28N6O3. The van der Waals surface area contributed by atoms with Crippen molar-refractivity contribution in [3.63, 3.8) is 0 Å².